The van der Waals surface area contributed by atoms with Crippen molar-refractivity contribution in [2.75, 3.05) is 11.4 Å². The maximum absolute atomic E-state index is 13.6. The number of anilines is 2. The number of hydrogen-bond acceptors (Lipinski definition) is 4. The quantitative estimate of drug-likeness (QED) is 0.435. The second-order valence-corrected chi connectivity index (χ2v) is 9.52. The van der Waals surface area contributed by atoms with E-state index in [4.69, 9.17) is 4.98 Å². The molecule has 1 unspecified atom stereocenters. The molecule has 4 aromatic rings. The van der Waals surface area contributed by atoms with Crippen LogP contribution in [0.5, 0.6) is 0 Å². The summed E-state index contributed by atoms with van der Waals surface area (Å²) in [7, 11) is 1.68. The topological polar surface area (TPSA) is 65.1 Å². The molecule has 2 aromatic carbocycles. The van der Waals surface area contributed by atoms with Crippen LogP contribution in [0, 0.1) is 12.8 Å². The number of aromatic nitrogens is 4. The van der Waals surface area contributed by atoms with Gasteiger partial charge in [-0.2, -0.15) is 4.98 Å². The molecule has 0 N–H and O–H groups in total. The van der Waals surface area contributed by atoms with E-state index in [1.165, 1.54) is 14.7 Å². The summed E-state index contributed by atoms with van der Waals surface area (Å²) in [6, 6.07) is 15.9. The Morgan fingerprint density at radius 3 is 2.41 bits per heavy atom. The van der Waals surface area contributed by atoms with Gasteiger partial charge in [0.25, 0.3) is 5.56 Å². The van der Waals surface area contributed by atoms with Crippen LogP contribution in [0.4, 0.5) is 11.6 Å². The number of aryl methyl sites for hydroxylation is 2. The third-order valence-corrected chi connectivity index (χ3v) is 6.57. The zero-order valence-corrected chi connectivity index (χ0v) is 19.8. The predicted molar refractivity (Wildman–Crippen MR) is 130 cm³/mol. The van der Waals surface area contributed by atoms with E-state index >= 15 is 0 Å². The summed E-state index contributed by atoms with van der Waals surface area (Å²) >= 11 is 3.42. The Morgan fingerprint density at radius 1 is 1.03 bits per heavy atom. The zero-order chi connectivity index (χ0) is 22.6. The highest BCUT2D eigenvalue weighted by Crippen LogP contribution is 2.32. The molecular formula is C24H24BrN5O2. The van der Waals surface area contributed by atoms with E-state index in [0.717, 1.165) is 22.3 Å². The number of halogens is 1. The molecule has 164 valence electrons. The first-order valence-electron chi connectivity index (χ1n) is 10.6. The van der Waals surface area contributed by atoms with Gasteiger partial charge in [0, 0.05) is 30.3 Å². The standard InChI is InChI=1S/C24H24BrN5O2/c1-15-4-10-19(11-5-15)28-12-16(2)13-29-20-21(26-23(28)29)27(3)24(32)30(22(20)31)14-17-6-8-18(25)9-7-17/h4-11,16H,12-14H2,1-3H3. The smallest absolute Gasteiger partial charge is 0.312 e. The highest BCUT2D eigenvalue weighted by molar-refractivity contribution is 9.10. The molecule has 0 saturated heterocycles. The summed E-state index contributed by atoms with van der Waals surface area (Å²) < 4.78 is 5.71. The third kappa shape index (κ3) is 3.39. The second kappa shape index (κ2) is 7.78. The summed E-state index contributed by atoms with van der Waals surface area (Å²) in [6.07, 6.45) is 0. The van der Waals surface area contributed by atoms with E-state index in [-0.39, 0.29) is 17.8 Å². The summed E-state index contributed by atoms with van der Waals surface area (Å²) in [6.45, 7) is 5.92. The lowest BCUT2D eigenvalue weighted by molar-refractivity contribution is 0.458. The van der Waals surface area contributed by atoms with E-state index in [0.29, 0.717) is 29.6 Å². The van der Waals surface area contributed by atoms with Crippen LogP contribution < -0.4 is 16.1 Å². The highest BCUT2D eigenvalue weighted by Gasteiger charge is 2.29. The average Bonchev–Trinajstić information content (AvgIpc) is 3.16. The first-order chi connectivity index (χ1) is 15.3. The highest BCUT2D eigenvalue weighted by atomic mass is 79.9. The minimum atomic E-state index is -0.365. The van der Waals surface area contributed by atoms with E-state index in [9.17, 15) is 9.59 Å². The Hall–Kier alpha value is -3.13. The molecule has 0 aliphatic carbocycles. The van der Waals surface area contributed by atoms with Crippen LogP contribution in [0.25, 0.3) is 11.2 Å². The summed E-state index contributed by atoms with van der Waals surface area (Å²) in [5.74, 6) is 1.02. The van der Waals surface area contributed by atoms with Gasteiger partial charge in [-0.1, -0.05) is 52.7 Å². The lowest BCUT2D eigenvalue weighted by Gasteiger charge is -2.33. The Bertz CT molecular complexity index is 1430. The largest absolute Gasteiger partial charge is 0.332 e. The first-order valence-corrected chi connectivity index (χ1v) is 11.4. The van der Waals surface area contributed by atoms with Crippen molar-refractivity contribution in [3.63, 3.8) is 0 Å². The molecule has 1 aliphatic rings. The molecule has 32 heavy (non-hydrogen) atoms. The SMILES string of the molecule is Cc1ccc(N2CC(C)Cn3c2nc2c3c(=O)n(Cc3ccc(Br)cc3)c(=O)n2C)cc1. The van der Waals surface area contributed by atoms with Crippen LogP contribution in [0.15, 0.2) is 62.6 Å². The van der Waals surface area contributed by atoms with E-state index in [1.807, 2.05) is 28.8 Å². The van der Waals surface area contributed by atoms with Gasteiger partial charge in [-0.15, -0.1) is 0 Å². The number of fused-ring (bicyclic) bond motifs is 3. The first kappa shape index (κ1) is 20.8. The van der Waals surface area contributed by atoms with Gasteiger partial charge in [-0.05, 0) is 42.7 Å². The van der Waals surface area contributed by atoms with Crippen LogP contribution in [0.3, 0.4) is 0 Å². The number of hydrogen-bond donors (Lipinski definition) is 0. The molecule has 3 heterocycles. The van der Waals surface area contributed by atoms with Crippen LogP contribution in [-0.4, -0.2) is 25.2 Å². The average molecular weight is 494 g/mol. The molecule has 0 radical (unpaired) electrons. The van der Waals surface area contributed by atoms with Crippen molar-refractivity contribution in [3.8, 4) is 0 Å². The summed E-state index contributed by atoms with van der Waals surface area (Å²) in [5.41, 5.74) is 3.33. The van der Waals surface area contributed by atoms with Gasteiger partial charge in [0.05, 0.1) is 6.54 Å². The van der Waals surface area contributed by atoms with Crippen LogP contribution in [0.1, 0.15) is 18.1 Å². The monoisotopic (exact) mass is 493 g/mol. The molecule has 0 amide bonds. The molecule has 0 fully saturated rings. The fourth-order valence-corrected chi connectivity index (χ4v) is 4.62. The number of imidazole rings is 1. The van der Waals surface area contributed by atoms with Gasteiger partial charge >= 0.3 is 5.69 Å². The van der Waals surface area contributed by atoms with Gasteiger partial charge in [0.1, 0.15) is 0 Å². The molecule has 1 aliphatic heterocycles. The van der Waals surface area contributed by atoms with Gasteiger partial charge in [-0.3, -0.25) is 13.9 Å². The molecule has 2 aromatic heterocycles. The summed E-state index contributed by atoms with van der Waals surface area (Å²) in [5, 5.41) is 0. The zero-order valence-electron chi connectivity index (χ0n) is 18.2. The molecule has 0 spiro atoms. The third-order valence-electron chi connectivity index (χ3n) is 6.04. The second-order valence-electron chi connectivity index (χ2n) is 8.61. The molecular weight excluding hydrogens is 470 g/mol. The number of nitrogens with zero attached hydrogens (tertiary/aromatic N) is 5. The lowest BCUT2D eigenvalue weighted by Crippen LogP contribution is -2.40. The van der Waals surface area contributed by atoms with Gasteiger partial charge in [0.15, 0.2) is 11.2 Å². The maximum atomic E-state index is 13.6. The van der Waals surface area contributed by atoms with E-state index in [1.54, 1.807) is 7.05 Å². The molecule has 0 saturated carbocycles. The van der Waals surface area contributed by atoms with Crippen LogP contribution >= 0.6 is 15.9 Å². The predicted octanol–water partition coefficient (Wildman–Crippen LogP) is 3.80. The van der Waals surface area contributed by atoms with Crippen LogP contribution in [-0.2, 0) is 20.1 Å². The van der Waals surface area contributed by atoms with Crippen molar-refractivity contribution in [3.05, 3.63) is 85.0 Å². The fourth-order valence-electron chi connectivity index (χ4n) is 4.36. The number of benzene rings is 2. The molecule has 5 rings (SSSR count). The minimum absolute atomic E-state index is 0.215. The van der Waals surface area contributed by atoms with Gasteiger partial charge < -0.3 is 9.47 Å². The molecule has 7 nitrogen and oxygen atoms in total. The minimum Gasteiger partial charge on any atom is -0.312 e. The lowest BCUT2D eigenvalue weighted by atomic mass is 10.1. The summed E-state index contributed by atoms with van der Waals surface area (Å²) in [4.78, 5) is 33.6. The molecule has 8 heteroatoms. The van der Waals surface area contributed by atoms with Crippen LogP contribution in [0.2, 0.25) is 0 Å². The van der Waals surface area contributed by atoms with Crippen molar-refractivity contribution >= 4 is 38.7 Å². The van der Waals surface area contributed by atoms with Crippen molar-refractivity contribution < 1.29 is 0 Å². The van der Waals surface area contributed by atoms with Crippen molar-refractivity contribution in [1.82, 2.24) is 18.7 Å². The van der Waals surface area contributed by atoms with Gasteiger partial charge in [0.2, 0.25) is 5.95 Å². The van der Waals surface area contributed by atoms with Crippen molar-refractivity contribution in [1.29, 1.82) is 0 Å². The van der Waals surface area contributed by atoms with E-state index < -0.39 is 0 Å². The molecule has 1 atom stereocenters. The Morgan fingerprint density at radius 2 is 1.72 bits per heavy atom. The fraction of sp³-hybridized carbons (Fsp3) is 0.292. The normalized spacial score (nSPS) is 15.9. The molecule has 0 bridgehead atoms. The number of rotatable bonds is 3. The van der Waals surface area contributed by atoms with Crippen molar-refractivity contribution in [2.45, 2.75) is 26.9 Å². The van der Waals surface area contributed by atoms with Crippen molar-refractivity contribution in [2.24, 2.45) is 13.0 Å². The van der Waals surface area contributed by atoms with E-state index in [2.05, 4.69) is 58.9 Å². The Balaban J connectivity index is 1.70. The Kier molecular flexibility index (Phi) is 5.04. The van der Waals surface area contributed by atoms with Gasteiger partial charge in [-0.25, -0.2) is 4.79 Å². The Labute approximate surface area is 193 Å². The maximum Gasteiger partial charge on any atom is 0.332 e.